The number of rotatable bonds is 5. The SMILES string of the molecule is NC[C@@H]1CC[C@@H](Nc2cc(N3CCCCC3)ccn2)CN1c1cccc(F)c1. The molecule has 2 fully saturated rings. The standard InChI is InChI=1S/C22H30FN5/c23-17-5-4-6-20(13-17)28-16-18(7-8-21(28)15-24)26-22-14-19(9-10-25-22)27-11-2-1-3-12-27/h4-6,9-10,13-14,18,21H,1-3,7-8,11-12,15-16,24H2,(H,25,26)/t18-,21+/m1/s1. The van der Waals surface area contributed by atoms with Crippen LogP contribution in [0.3, 0.4) is 0 Å². The monoisotopic (exact) mass is 383 g/mol. The molecule has 28 heavy (non-hydrogen) atoms. The number of piperidine rings is 2. The number of aromatic nitrogens is 1. The van der Waals surface area contributed by atoms with Crippen molar-refractivity contribution in [2.75, 3.05) is 41.3 Å². The van der Waals surface area contributed by atoms with E-state index in [1.54, 1.807) is 12.1 Å². The van der Waals surface area contributed by atoms with Crippen molar-refractivity contribution in [3.8, 4) is 0 Å². The summed E-state index contributed by atoms with van der Waals surface area (Å²) < 4.78 is 13.7. The van der Waals surface area contributed by atoms with E-state index in [-0.39, 0.29) is 17.9 Å². The molecule has 1 aromatic heterocycles. The Balaban J connectivity index is 1.46. The van der Waals surface area contributed by atoms with Crippen LogP contribution in [0.4, 0.5) is 21.6 Å². The maximum Gasteiger partial charge on any atom is 0.128 e. The summed E-state index contributed by atoms with van der Waals surface area (Å²) in [5.74, 6) is 0.706. The van der Waals surface area contributed by atoms with Crippen molar-refractivity contribution in [3.63, 3.8) is 0 Å². The van der Waals surface area contributed by atoms with Gasteiger partial charge in [-0.15, -0.1) is 0 Å². The number of nitrogens with one attached hydrogen (secondary N) is 1. The van der Waals surface area contributed by atoms with Crippen LogP contribution in [0.15, 0.2) is 42.6 Å². The Morgan fingerprint density at radius 1 is 1.07 bits per heavy atom. The summed E-state index contributed by atoms with van der Waals surface area (Å²) in [5, 5.41) is 3.61. The molecule has 2 aromatic rings. The first-order valence-electron chi connectivity index (χ1n) is 10.4. The van der Waals surface area contributed by atoms with Gasteiger partial charge >= 0.3 is 0 Å². The minimum Gasteiger partial charge on any atom is -0.371 e. The smallest absolute Gasteiger partial charge is 0.128 e. The third-order valence-electron chi connectivity index (χ3n) is 5.93. The lowest BCUT2D eigenvalue weighted by Crippen LogP contribution is -2.51. The summed E-state index contributed by atoms with van der Waals surface area (Å²) in [5.41, 5.74) is 8.14. The zero-order chi connectivity index (χ0) is 19.3. The van der Waals surface area contributed by atoms with Crippen molar-refractivity contribution in [3.05, 3.63) is 48.4 Å². The number of pyridine rings is 1. The molecule has 2 saturated heterocycles. The number of benzene rings is 1. The van der Waals surface area contributed by atoms with Crippen molar-refractivity contribution < 1.29 is 4.39 Å². The van der Waals surface area contributed by atoms with Gasteiger partial charge < -0.3 is 20.9 Å². The highest BCUT2D eigenvalue weighted by Gasteiger charge is 2.28. The molecule has 4 rings (SSSR count). The van der Waals surface area contributed by atoms with Crippen LogP contribution in [0.5, 0.6) is 0 Å². The fourth-order valence-electron chi connectivity index (χ4n) is 4.42. The van der Waals surface area contributed by atoms with Gasteiger partial charge in [0, 0.05) is 61.9 Å². The van der Waals surface area contributed by atoms with Gasteiger partial charge in [0.15, 0.2) is 0 Å². The predicted molar refractivity (Wildman–Crippen MR) is 114 cm³/mol. The van der Waals surface area contributed by atoms with Crippen LogP contribution in [0.2, 0.25) is 0 Å². The maximum absolute atomic E-state index is 13.7. The van der Waals surface area contributed by atoms with E-state index >= 15 is 0 Å². The molecule has 0 bridgehead atoms. The van der Waals surface area contributed by atoms with Gasteiger partial charge in [-0.3, -0.25) is 0 Å². The molecule has 0 amide bonds. The molecule has 2 aliphatic heterocycles. The van der Waals surface area contributed by atoms with Crippen molar-refractivity contribution >= 4 is 17.2 Å². The van der Waals surface area contributed by atoms with Crippen LogP contribution in [0, 0.1) is 5.82 Å². The molecule has 5 nitrogen and oxygen atoms in total. The highest BCUT2D eigenvalue weighted by atomic mass is 19.1. The van der Waals surface area contributed by atoms with Crippen LogP contribution in [-0.2, 0) is 0 Å². The first-order chi connectivity index (χ1) is 13.7. The van der Waals surface area contributed by atoms with Crippen LogP contribution in [-0.4, -0.2) is 43.2 Å². The summed E-state index contributed by atoms with van der Waals surface area (Å²) in [7, 11) is 0. The first kappa shape index (κ1) is 19.0. The lowest BCUT2D eigenvalue weighted by Gasteiger charge is -2.41. The third kappa shape index (κ3) is 4.38. The van der Waals surface area contributed by atoms with Gasteiger partial charge in [0.1, 0.15) is 11.6 Å². The second kappa shape index (κ2) is 8.78. The molecule has 3 N–H and O–H groups in total. The quantitative estimate of drug-likeness (QED) is 0.826. The van der Waals surface area contributed by atoms with E-state index < -0.39 is 0 Å². The van der Waals surface area contributed by atoms with Gasteiger partial charge in [-0.25, -0.2) is 9.37 Å². The molecule has 3 heterocycles. The average Bonchev–Trinajstić information content (AvgIpc) is 2.74. The Morgan fingerprint density at radius 3 is 2.71 bits per heavy atom. The molecule has 0 radical (unpaired) electrons. The van der Waals surface area contributed by atoms with Crippen molar-refractivity contribution in [1.82, 2.24) is 4.98 Å². The summed E-state index contributed by atoms with van der Waals surface area (Å²) in [6, 6.07) is 11.6. The molecule has 1 aromatic carbocycles. The molecule has 2 atom stereocenters. The average molecular weight is 384 g/mol. The number of nitrogens with two attached hydrogens (primary N) is 1. The van der Waals surface area contributed by atoms with Gasteiger partial charge in [0.25, 0.3) is 0 Å². The molecule has 150 valence electrons. The van der Waals surface area contributed by atoms with Crippen LogP contribution in [0.25, 0.3) is 0 Å². The molecule has 0 saturated carbocycles. The van der Waals surface area contributed by atoms with E-state index in [9.17, 15) is 4.39 Å². The Kier molecular flexibility index (Phi) is 5.95. The zero-order valence-corrected chi connectivity index (χ0v) is 16.4. The van der Waals surface area contributed by atoms with E-state index in [1.807, 2.05) is 12.3 Å². The Morgan fingerprint density at radius 2 is 1.93 bits per heavy atom. The lowest BCUT2D eigenvalue weighted by atomic mass is 9.97. The molecule has 6 heteroatoms. The topological polar surface area (TPSA) is 57.4 Å². The highest BCUT2D eigenvalue weighted by Crippen LogP contribution is 2.27. The minimum absolute atomic E-state index is 0.209. The number of hydrogen-bond donors (Lipinski definition) is 2. The van der Waals surface area contributed by atoms with E-state index in [4.69, 9.17) is 5.73 Å². The summed E-state index contributed by atoms with van der Waals surface area (Å²) >= 11 is 0. The summed E-state index contributed by atoms with van der Waals surface area (Å²) in [4.78, 5) is 9.22. The van der Waals surface area contributed by atoms with Gasteiger partial charge in [0.05, 0.1) is 0 Å². The van der Waals surface area contributed by atoms with E-state index in [0.717, 1.165) is 44.0 Å². The molecule has 2 aliphatic rings. The van der Waals surface area contributed by atoms with Gasteiger partial charge in [0.2, 0.25) is 0 Å². The van der Waals surface area contributed by atoms with E-state index in [2.05, 4.69) is 32.2 Å². The summed E-state index contributed by atoms with van der Waals surface area (Å²) in [6.07, 6.45) is 7.75. The predicted octanol–water partition coefficient (Wildman–Crippen LogP) is 3.62. The normalized spacial score (nSPS) is 22.9. The van der Waals surface area contributed by atoms with Gasteiger partial charge in [-0.1, -0.05) is 6.07 Å². The molecule has 0 spiro atoms. The Labute approximate surface area is 166 Å². The number of nitrogens with zero attached hydrogens (tertiary/aromatic N) is 3. The number of halogens is 1. The van der Waals surface area contributed by atoms with Gasteiger partial charge in [-0.2, -0.15) is 0 Å². The van der Waals surface area contributed by atoms with Crippen molar-refractivity contribution in [2.24, 2.45) is 5.73 Å². The van der Waals surface area contributed by atoms with Crippen LogP contribution in [0.1, 0.15) is 32.1 Å². The molecule has 0 aliphatic carbocycles. The fourth-order valence-corrected chi connectivity index (χ4v) is 4.42. The first-order valence-corrected chi connectivity index (χ1v) is 10.4. The highest BCUT2D eigenvalue weighted by molar-refractivity contribution is 5.55. The summed E-state index contributed by atoms with van der Waals surface area (Å²) in [6.45, 7) is 3.61. The largest absolute Gasteiger partial charge is 0.371 e. The minimum atomic E-state index is -0.209. The Bertz CT molecular complexity index is 777. The van der Waals surface area contributed by atoms with Crippen LogP contribution >= 0.6 is 0 Å². The Hall–Kier alpha value is -2.34. The second-order valence-electron chi connectivity index (χ2n) is 7.89. The molecule has 0 unspecified atom stereocenters. The maximum atomic E-state index is 13.7. The fraction of sp³-hybridized carbons (Fsp3) is 0.500. The van der Waals surface area contributed by atoms with Crippen molar-refractivity contribution in [1.29, 1.82) is 0 Å². The van der Waals surface area contributed by atoms with E-state index in [0.29, 0.717) is 6.54 Å². The van der Waals surface area contributed by atoms with E-state index in [1.165, 1.54) is 31.0 Å². The van der Waals surface area contributed by atoms with Gasteiger partial charge in [-0.05, 0) is 56.4 Å². The van der Waals surface area contributed by atoms with Crippen LogP contribution < -0.4 is 20.9 Å². The second-order valence-corrected chi connectivity index (χ2v) is 7.89. The number of hydrogen-bond acceptors (Lipinski definition) is 5. The van der Waals surface area contributed by atoms with Crippen molar-refractivity contribution in [2.45, 2.75) is 44.2 Å². The number of anilines is 3. The lowest BCUT2D eigenvalue weighted by molar-refractivity contribution is 0.436. The third-order valence-corrected chi connectivity index (χ3v) is 5.93. The molecular weight excluding hydrogens is 353 g/mol. The molecular formula is C22H30FN5. The zero-order valence-electron chi connectivity index (χ0n) is 16.4.